The van der Waals surface area contributed by atoms with Crippen LogP contribution in [0.15, 0.2) is 42.5 Å². The van der Waals surface area contributed by atoms with Crippen molar-refractivity contribution in [3.8, 4) is 16.9 Å². The molecule has 2 aromatic rings. The van der Waals surface area contributed by atoms with Gasteiger partial charge in [0.05, 0.1) is 6.61 Å². The Labute approximate surface area is 178 Å². The number of ether oxygens (including phenoxy) is 1. The zero-order valence-electron chi connectivity index (χ0n) is 18.9. The van der Waals surface area contributed by atoms with Crippen molar-refractivity contribution >= 4 is 0 Å². The van der Waals surface area contributed by atoms with Gasteiger partial charge in [-0.1, -0.05) is 76.3 Å². The minimum absolute atomic E-state index is 0.763. The molecule has 1 nitrogen and oxygen atoms in total. The van der Waals surface area contributed by atoms with Crippen molar-refractivity contribution in [1.82, 2.24) is 0 Å². The molecule has 0 atom stereocenters. The number of hydrogen-bond donors (Lipinski definition) is 0. The van der Waals surface area contributed by atoms with Crippen LogP contribution in [0.5, 0.6) is 5.75 Å². The fraction of sp³-hybridized carbons (Fsp3) is 0.571. The standard InChI is InChI=1S/C28H40O/c1-4-6-8-9-23-10-12-24(13-11-23)26-16-19-28(22(3)21-26)25-14-17-27(18-15-25)29-20-7-5-2/h14-19,21,23-24H,4-13,20H2,1-3H3/t23-,24-. The zero-order chi connectivity index (χ0) is 20.5. The van der Waals surface area contributed by atoms with Gasteiger partial charge in [-0.05, 0) is 85.3 Å². The Hall–Kier alpha value is -1.76. The number of hydrogen-bond acceptors (Lipinski definition) is 1. The second-order valence-electron chi connectivity index (χ2n) is 9.01. The van der Waals surface area contributed by atoms with E-state index in [4.69, 9.17) is 4.74 Å². The first-order valence-electron chi connectivity index (χ1n) is 12.0. The average molecular weight is 393 g/mol. The molecule has 0 heterocycles. The van der Waals surface area contributed by atoms with Crippen molar-refractivity contribution in [2.75, 3.05) is 6.61 Å². The summed E-state index contributed by atoms with van der Waals surface area (Å²) in [6, 6.07) is 15.8. The average Bonchev–Trinajstić information content (AvgIpc) is 2.75. The molecule has 1 saturated carbocycles. The van der Waals surface area contributed by atoms with Crippen LogP contribution in [0.1, 0.15) is 95.1 Å². The molecule has 0 saturated heterocycles. The molecule has 0 aliphatic heterocycles. The summed E-state index contributed by atoms with van der Waals surface area (Å²) in [4.78, 5) is 0. The maximum absolute atomic E-state index is 5.81. The zero-order valence-corrected chi connectivity index (χ0v) is 18.9. The maximum atomic E-state index is 5.81. The molecule has 1 heteroatoms. The van der Waals surface area contributed by atoms with Crippen molar-refractivity contribution in [1.29, 1.82) is 0 Å². The number of rotatable bonds is 10. The smallest absolute Gasteiger partial charge is 0.119 e. The van der Waals surface area contributed by atoms with Crippen LogP contribution in [0.3, 0.4) is 0 Å². The highest BCUT2D eigenvalue weighted by atomic mass is 16.5. The highest BCUT2D eigenvalue weighted by molar-refractivity contribution is 5.68. The minimum Gasteiger partial charge on any atom is -0.494 e. The fourth-order valence-electron chi connectivity index (χ4n) is 4.80. The Bertz CT molecular complexity index is 722. The molecule has 0 radical (unpaired) electrons. The van der Waals surface area contributed by atoms with Gasteiger partial charge in [0.15, 0.2) is 0 Å². The Morgan fingerprint density at radius 3 is 2.21 bits per heavy atom. The third kappa shape index (κ3) is 6.36. The van der Waals surface area contributed by atoms with Gasteiger partial charge >= 0.3 is 0 Å². The van der Waals surface area contributed by atoms with E-state index in [9.17, 15) is 0 Å². The predicted octanol–water partition coefficient (Wildman–Crippen LogP) is 8.70. The molecule has 29 heavy (non-hydrogen) atoms. The van der Waals surface area contributed by atoms with Crippen LogP contribution in [0, 0.1) is 12.8 Å². The highest BCUT2D eigenvalue weighted by Crippen LogP contribution is 2.39. The van der Waals surface area contributed by atoms with E-state index in [2.05, 4.69) is 63.2 Å². The highest BCUT2D eigenvalue weighted by Gasteiger charge is 2.22. The molecule has 0 aromatic heterocycles. The summed E-state index contributed by atoms with van der Waals surface area (Å²) in [5.41, 5.74) is 5.59. The van der Waals surface area contributed by atoms with E-state index in [1.54, 1.807) is 5.56 Å². The van der Waals surface area contributed by atoms with Gasteiger partial charge in [-0.25, -0.2) is 0 Å². The number of benzene rings is 2. The second-order valence-corrected chi connectivity index (χ2v) is 9.01. The van der Waals surface area contributed by atoms with Crippen LogP contribution in [0.25, 0.3) is 11.1 Å². The first-order chi connectivity index (χ1) is 14.2. The van der Waals surface area contributed by atoms with Crippen molar-refractivity contribution in [2.24, 2.45) is 5.92 Å². The van der Waals surface area contributed by atoms with Gasteiger partial charge in [0.25, 0.3) is 0 Å². The fourth-order valence-corrected chi connectivity index (χ4v) is 4.80. The van der Waals surface area contributed by atoms with Crippen molar-refractivity contribution in [3.05, 3.63) is 53.6 Å². The lowest BCUT2D eigenvalue weighted by molar-refractivity contribution is 0.303. The van der Waals surface area contributed by atoms with Crippen LogP contribution in [0.4, 0.5) is 0 Å². The summed E-state index contributed by atoms with van der Waals surface area (Å²) in [6.45, 7) is 7.57. The van der Waals surface area contributed by atoms with Crippen LogP contribution < -0.4 is 4.74 Å². The molecule has 1 aliphatic carbocycles. The van der Waals surface area contributed by atoms with E-state index in [0.717, 1.165) is 30.6 Å². The second kappa shape index (κ2) is 11.4. The first kappa shape index (κ1) is 21.9. The van der Waals surface area contributed by atoms with E-state index < -0.39 is 0 Å². The van der Waals surface area contributed by atoms with Gasteiger partial charge in [0, 0.05) is 0 Å². The van der Waals surface area contributed by atoms with Crippen LogP contribution in [0.2, 0.25) is 0 Å². The van der Waals surface area contributed by atoms with E-state index in [1.807, 2.05) is 0 Å². The summed E-state index contributed by atoms with van der Waals surface area (Å²) in [5, 5.41) is 0. The molecule has 1 aliphatic rings. The largest absolute Gasteiger partial charge is 0.494 e. The van der Waals surface area contributed by atoms with Gasteiger partial charge in [0.1, 0.15) is 5.75 Å². The van der Waals surface area contributed by atoms with Crippen LogP contribution in [-0.2, 0) is 0 Å². The quantitative estimate of drug-likeness (QED) is 0.367. The monoisotopic (exact) mass is 392 g/mol. The van der Waals surface area contributed by atoms with Crippen LogP contribution >= 0.6 is 0 Å². The minimum atomic E-state index is 0.763. The van der Waals surface area contributed by atoms with E-state index >= 15 is 0 Å². The van der Waals surface area contributed by atoms with Crippen molar-refractivity contribution < 1.29 is 4.74 Å². The lowest BCUT2D eigenvalue weighted by atomic mass is 9.76. The summed E-state index contributed by atoms with van der Waals surface area (Å²) < 4.78 is 5.81. The maximum Gasteiger partial charge on any atom is 0.119 e. The molecule has 0 spiro atoms. The van der Waals surface area contributed by atoms with Gasteiger partial charge in [0.2, 0.25) is 0 Å². The molecular formula is C28H40O. The molecular weight excluding hydrogens is 352 g/mol. The summed E-state index contributed by atoms with van der Waals surface area (Å²) in [5.74, 6) is 2.72. The lowest BCUT2D eigenvalue weighted by Crippen LogP contribution is -2.13. The molecule has 3 rings (SSSR count). The molecule has 0 bridgehead atoms. The molecule has 2 aromatic carbocycles. The summed E-state index contributed by atoms with van der Waals surface area (Å²) in [6.07, 6.45) is 13.5. The number of unbranched alkanes of at least 4 members (excludes halogenated alkanes) is 3. The molecule has 158 valence electrons. The number of aryl methyl sites for hydroxylation is 1. The first-order valence-corrected chi connectivity index (χ1v) is 12.0. The van der Waals surface area contributed by atoms with Gasteiger partial charge in [-0.15, -0.1) is 0 Å². The Morgan fingerprint density at radius 1 is 0.828 bits per heavy atom. The third-order valence-corrected chi connectivity index (χ3v) is 6.72. The Kier molecular flexibility index (Phi) is 8.65. The molecule has 0 N–H and O–H groups in total. The van der Waals surface area contributed by atoms with Gasteiger partial charge in [-0.3, -0.25) is 0 Å². The van der Waals surface area contributed by atoms with Gasteiger partial charge in [-0.2, -0.15) is 0 Å². The van der Waals surface area contributed by atoms with Crippen molar-refractivity contribution in [2.45, 2.75) is 90.9 Å². The normalized spacial score (nSPS) is 19.3. The Morgan fingerprint density at radius 2 is 1.55 bits per heavy atom. The SMILES string of the molecule is CCCCC[C@H]1CC[C@H](c2ccc(-c3ccc(OCCCC)cc3)c(C)c2)CC1. The predicted molar refractivity (Wildman–Crippen MR) is 126 cm³/mol. The lowest BCUT2D eigenvalue weighted by Gasteiger charge is -2.29. The van der Waals surface area contributed by atoms with E-state index in [1.165, 1.54) is 74.5 Å². The van der Waals surface area contributed by atoms with Crippen LogP contribution in [-0.4, -0.2) is 6.61 Å². The third-order valence-electron chi connectivity index (χ3n) is 6.72. The Balaban J connectivity index is 1.58. The summed E-state index contributed by atoms with van der Waals surface area (Å²) >= 11 is 0. The van der Waals surface area contributed by atoms with Gasteiger partial charge < -0.3 is 4.74 Å². The summed E-state index contributed by atoms with van der Waals surface area (Å²) in [7, 11) is 0. The molecule has 0 unspecified atom stereocenters. The molecule has 1 fully saturated rings. The van der Waals surface area contributed by atoms with E-state index in [0.29, 0.717) is 0 Å². The van der Waals surface area contributed by atoms with Crippen molar-refractivity contribution in [3.63, 3.8) is 0 Å². The van der Waals surface area contributed by atoms with E-state index in [-0.39, 0.29) is 0 Å². The molecule has 0 amide bonds. The topological polar surface area (TPSA) is 9.23 Å².